The Balaban J connectivity index is 2.33. The lowest BCUT2D eigenvalue weighted by Gasteiger charge is -2.19. The summed E-state index contributed by atoms with van der Waals surface area (Å²) < 4.78 is 0. The molecule has 0 heterocycles. The Kier molecular flexibility index (Phi) is 4.34. The maximum absolute atomic E-state index is 11.3. The van der Waals surface area contributed by atoms with Gasteiger partial charge in [-0.25, -0.2) is 4.79 Å². The number of rotatable bonds is 4. The lowest BCUT2D eigenvalue weighted by Crippen LogP contribution is -2.36. The van der Waals surface area contributed by atoms with Crippen LogP contribution in [0.4, 0.5) is 0 Å². The molecule has 1 saturated carbocycles. The molecule has 1 aliphatic rings. The first-order valence-electron chi connectivity index (χ1n) is 5.31. The number of carboxylic acid groups (broad SMARTS) is 1. The van der Waals surface area contributed by atoms with E-state index in [9.17, 15) is 9.59 Å². The van der Waals surface area contributed by atoms with Gasteiger partial charge in [0.1, 0.15) is 0 Å². The van der Waals surface area contributed by atoms with Gasteiger partial charge in [0.15, 0.2) is 0 Å². The van der Waals surface area contributed by atoms with Crippen LogP contribution in [0.1, 0.15) is 32.6 Å². The molecular weight excluding hydrogens is 194 g/mol. The Hall–Kier alpha value is -1.32. The Bertz CT molecular complexity index is 267. The molecule has 0 aliphatic heterocycles. The van der Waals surface area contributed by atoms with E-state index in [1.54, 1.807) is 0 Å². The number of carboxylic acids is 1. The molecule has 0 spiro atoms. The maximum atomic E-state index is 11.3. The first-order valence-corrected chi connectivity index (χ1v) is 5.31. The second kappa shape index (κ2) is 5.53. The van der Waals surface area contributed by atoms with Crippen molar-refractivity contribution in [1.82, 2.24) is 5.32 Å². The van der Waals surface area contributed by atoms with Crippen LogP contribution in [0.3, 0.4) is 0 Å². The maximum Gasteiger partial charge on any atom is 0.328 e. The Morgan fingerprint density at radius 2 is 1.93 bits per heavy atom. The third-order valence-corrected chi connectivity index (χ3v) is 2.85. The average molecular weight is 211 g/mol. The number of amides is 1. The molecule has 84 valence electrons. The second-order valence-corrected chi connectivity index (χ2v) is 4.01. The van der Waals surface area contributed by atoms with Crippen molar-refractivity contribution in [1.29, 1.82) is 0 Å². The van der Waals surface area contributed by atoms with Crippen molar-refractivity contribution in [2.24, 2.45) is 5.92 Å². The highest BCUT2D eigenvalue weighted by Gasteiger charge is 2.21. The predicted molar refractivity (Wildman–Crippen MR) is 56.3 cm³/mol. The molecule has 0 aromatic rings. The molecule has 0 unspecified atom stereocenters. The standard InChI is InChI=1S/C11H17NO3/c1-8(9-4-2-3-5-9)12-10(13)6-7-11(14)15/h6-9H,2-5H2,1H3,(H,12,13)(H,14,15)/b7-6+/t8-/m1/s1. The fourth-order valence-corrected chi connectivity index (χ4v) is 1.99. The number of hydrogen-bond acceptors (Lipinski definition) is 2. The molecule has 2 N–H and O–H groups in total. The number of carbonyl (C=O) groups is 2. The van der Waals surface area contributed by atoms with Gasteiger partial charge in [0.2, 0.25) is 5.91 Å². The van der Waals surface area contributed by atoms with Crippen LogP contribution in [-0.4, -0.2) is 23.0 Å². The highest BCUT2D eigenvalue weighted by Crippen LogP contribution is 2.27. The number of carbonyl (C=O) groups excluding carboxylic acids is 1. The molecule has 1 atom stereocenters. The summed E-state index contributed by atoms with van der Waals surface area (Å²) in [5.41, 5.74) is 0. The second-order valence-electron chi connectivity index (χ2n) is 4.01. The molecule has 4 nitrogen and oxygen atoms in total. The summed E-state index contributed by atoms with van der Waals surface area (Å²) in [6.45, 7) is 1.97. The van der Waals surface area contributed by atoms with Gasteiger partial charge in [0, 0.05) is 18.2 Å². The number of aliphatic carboxylic acids is 1. The molecule has 1 rings (SSSR count). The van der Waals surface area contributed by atoms with Gasteiger partial charge in [-0.15, -0.1) is 0 Å². The van der Waals surface area contributed by atoms with Crippen molar-refractivity contribution in [3.8, 4) is 0 Å². The van der Waals surface area contributed by atoms with Crippen molar-refractivity contribution >= 4 is 11.9 Å². The minimum Gasteiger partial charge on any atom is -0.478 e. The monoisotopic (exact) mass is 211 g/mol. The Morgan fingerprint density at radius 3 is 2.47 bits per heavy atom. The highest BCUT2D eigenvalue weighted by molar-refractivity contribution is 5.93. The van der Waals surface area contributed by atoms with Crippen molar-refractivity contribution < 1.29 is 14.7 Å². The fraction of sp³-hybridized carbons (Fsp3) is 0.636. The van der Waals surface area contributed by atoms with E-state index >= 15 is 0 Å². The summed E-state index contributed by atoms with van der Waals surface area (Å²) in [6.07, 6.45) is 6.70. The van der Waals surface area contributed by atoms with E-state index in [1.807, 2.05) is 6.92 Å². The largest absolute Gasteiger partial charge is 0.478 e. The van der Waals surface area contributed by atoms with E-state index in [0.717, 1.165) is 25.0 Å². The van der Waals surface area contributed by atoms with Crippen molar-refractivity contribution in [3.05, 3.63) is 12.2 Å². The normalized spacial score (nSPS) is 19.3. The van der Waals surface area contributed by atoms with Gasteiger partial charge in [0.05, 0.1) is 0 Å². The minimum atomic E-state index is -1.10. The van der Waals surface area contributed by atoms with E-state index in [4.69, 9.17) is 5.11 Å². The van der Waals surface area contributed by atoms with Crippen molar-refractivity contribution in [3.63, 3.8) is 0 Å². The molecular formula is C11H17NO3. The van der Waals surface area contributed by atoms with E-state index in [1.165, 1.54) is 12.8 Å². The zero-order valence-corrected chi connectivity index (χ0v) is 8.90. The van der Waals surface area contributed by atoms with Crippen LogP contribution in [0.15, 0.2) is 12.2 Å². The minimum absolute atomic E-state index is 0.137. The van der Waals surface area contributed by atoms with Gasteiger partial charge >= 0.3 is 5.97 Å². The summed E-state index contributed by atoms with van der Waals surface area (Å²) in [4.78, 5) is 21.4. The number of hydrogen-bond donors (Lipinski definition) is 2. The molecule has 1 amide bonds. The summed E-state index contributed by atoms with van der Waals surface area (Å²) in [7, 11) is 0. The molecule has 0 saturated heterocycles. The average Bonchev–Trinajstić information content (AvgIpc) is 2.67. The molecule has 1 fully saturated rings. The molecule has 0 aromatic heterocycles. The van der Waals surface area contributed by atoms with Crippen LogP contribution < -0.4 is 5.32 Å². The predicted octanol–water partition coefficient (Wildman–Crippen LogP) is 1.32. The topological polar surface area (TPSA) is 66.4 Å². The molecule has 0 bridgehead atoms. The SMILES string of the molecule is C[C@@H](NC(=O)/C=C/C(=O)O)C1CCCC1. The lowest BCUT2D eigenvalue weighted by atomic mass is 10.00. The van der Waals surface area contributed by atoms with Crippen LogP contribution >= 0.6 is 0 Å². The summed E-state index contributed by atoms with van der Waals surface area (Å²) in [5.74, 6) is -0.873. The van der Waals surface area contributed by atoms with Crippen molar-refractivity contribution in [2.75, 3.05) is 0 Å². The first kappa shape index (κ1) is 11.8. The van der Waals surface area contributed by atoms with Crippen LogP contribution in [0.25, 0.3) is 0 Å². The molecule has 15 heavy (non-hydrogen) atoms. The van der Waals surface area contributed by atoms with Gasteiger partial charge in [-0.2, -0.15) is 0 Å². The summed E-state index contributed by atoms with van der Waals surface area (Å²) in [6, 6.07) is 0.137. The van der Waals surface area contributed by atoms with Gasteiger partial charge in [0.25, 0.3) is 0 Å². The summed E-state index contributed by atoms with van der Waals surface area (Å²) in [5, 5.41) is 11.1. The smallest absolute Gasteiger partial charge is 0.328 e. The van der Waals surface area contributed by atoms with E-state index in [0.29, 0.717) is 5.92 Å². The van der Waals surface area contributed by atoms with Gasteiger partial charge < -0.3 is 10.4 Å². The van der Waals surface area contributed by atoms with Crippen LogP contribution in [0.2, 0.25) is 0 Å². The molecule has 0 radical (unpaired) electrons. The third-order valence-electron chi connectivity index (χ3n) is 2.85. The van der Waals surface area contributed by atoms with Gasteiger partial charge in [-0.3, -0.25) is 4.79 Å². The quantitative estimate of drug-likeness (QED) is 0.689. The first-order chi connectivity index (χ1) is 7.09. The van der Waals surface area contributed by atoms with Crippen LogP contribution in [-0.2, 0) is 9.59 Å². The third kappa shape index (κ3) is 4.14. The Morgan fingerprint density at radius 1 is 1.33 bits per heavy atom. The van der Waals surface area contributed by atoms with Crippen LogP contribution in [0.5, 0.6) is 0 Å². The van der Waals surface area contributed by atoms with Crippen LogP contribution in [0, 0.1) is 5.92 Å². The van der Waals surface area contributed by atoms with E-state index in [2.05, 4.69) is 5.32 Å². The molecule has 1 aliphatic carbocycles. The molecule has 4 heteroatoms. The van der Waals surface area contributed by atoms with E-state index in [-0.39, 0.29) is 11.9 Å². The fourth-order valence-electron chi connectivity index (χ4n) is 1.99. The summed E-state index contributed by atoms with van der Waals surface area (Å²) >= 11 is 0. The highest BCUT2D eigenvalue weighted by atomic mass is 16.4. The van der Waals surface area contributed by atoms with Gasteiger partial charge in [-0.05, 0) is 25.7 Å². The van der Waals surface area contributed by atoms with Crippen molar-refractivity contribution in [2.45, 2.75) is 38.6 Å². The zero-order valence-electron chi connectivity index (χ0n) is 8.90. The molecule has 0 aromatic carbocycles. The Labute approximate surface area is 89.4 Å². The zero-order chi connectivity index (χ0) is 11.3. The number of nitrogens with one attached hydrogen (secondary N) is 1. The lowest BCUT2D eigenvalue weighted by molar-refractivity contribution is -0.131. The van der Waals surface area contributed by atoms with Gasteiger partial charge in [-0.1, -0.05) is 12.8 Å². The van der Waals surface area contributed by atoms with E-state index < -0.39 is 5.97 Å².